The Morgan fingerprint density at radius 2 is 0.771 bits per heavy atom. The minimum absolute atomic E-state index is 0.0129. The van der Waals surface area contributed by atoms with E-state index in [4.69, 9.17) is 15.0 Å². The fraction of sp³-hybridized carbons (Fsp3) is 0.0455. The molecular weight excluding hydrogens is 849 g/mol. The highest BCUT2D eigenvalue weighted by molar-refractivity contribution is 6.15. The second kappa shape index (κ2) is 16.7. The molecule has 10 aromatic carbocycles. The molecule has 12 aromatic rings. The minimum Gasteiger partial charge on any atom is -0.309 e. The maximum absolute atomic E-state index is 5.10. The summed E-state index contributed by atoms with van der Waals surface area (Å²) in [6.07, 6.45) is 0. The first kappa shape index (κ1) is 41.2. The van der Waals surface area contributed by atoms with E-state index < -0.39 is 0 Å². The predicted molar refractivity (Wildman–Crippen MR) is 290 cm³/mol. The van der Waals surface area contributed by atoms with E-state index in [2.05, 4.69) is 200 Å². The average Bonchev–Trinajstić information content (AvgIpc) is 3.89. The van der Waals surface area contributed by atoms with Gasteiger partial charge in [-0.15, -0.1) is 0 Å². The Labute approximate surface area is 407 Å². The van der Waals surface area contributed by atoms with Crippen molar-refractivity contribution < 1.29 is 0 Å². The van der Waals surface area contributed by atoms with Gasteiger partial charge in [0.05, 0.1) is 11.0 Å². The highest BCUT2D eigenvalue weighted by Gasteiger charge is 2.35. The van der Waals surface area contributed by atoms with Crippen molar-refractivity contribution in [2.45, 2.75) is 19.3 Å². The maximum atomic E-state index is 5.10. The fourth-order valence-electron chi connectivity index (χ4n) is 10.7. The molecule has 0 N–H and O–H groups in total. The molecule has 0 spiro atoms. The van der Waals surface area contributed by atoms with Gasteiger partial charge in [0.25, 0.3) is 0 Å². The van der Waals surface area contributed by atoms with Crippen LogP contribution in [0.1, 0.15) is 25.0 Å². The van der Waals surface area contributed by atoms with Gasteiger partial charge in [0, 0.05) is 44.1 Å². The molecular formula is C66H46N4. The third kappa shape index (κ3) is 7.03. The number of para-hydroxylation sites is 1. The Morgan fingerprint density at radius 1 is 0.300 bits per heavy atom. The lowest BCUT2D eigenvalue weighted by Gasteiger charge is -2.21. The van der Waals surface area contributed by atoms with Crippen molar-refractivity contribution in [1.29, 1.82) is 0 Å². The van der Waals surface area contributed by atoms with Crippen LogP contribution in [0.25, 0.3) is 117 Å². The quantitative estimate of drug-likeness (QED) is 0.153. The summed E-state index contributed by atoms with van der Waals surface area (Å²) in [5, 5.41) is 2.37. The fourth-order valence-corrected chi connectivity index (χ4v) is 10.7. The zero-order chi connectivity index (χ0) is 46.8. The van der Waals surface area contributed by atoms with Crippen molar-refractivity contribution in [2.24, 2.45) is 0 Å². The van der Waals surface area contributed by atoms with Crippen LogP contribution in [0.2, 0.25) is 0 Å². The molecule has 0 saturated heterocycles. The molecule has 0 unspecified atom stereocenters. The topological polar surface area (TPSA) is 43.6 Å². The lowest BCUT2D eigenvalue weighted by molar-refractivity contribution is 0.660. The third-order valence-electron chi connectivity index (χ3n) is 14.3. The molecule has 1 aliphatic rings. The SMILES string of the molecule is CC1(C)c2ccccc2-c2cc(-c3ccc(-c4ccc5c(c4)c4cccc(-c6cccc(-c7nc(-c8ccccc8)nc(-c8ccccc8)n7)c6)c4n5-c4cccc(-c5ccccc5)c4)cc3)ccc21. The Hall–Kier alpha value is -8.99. The second-order valence-corrected chi connectivity index (χ2v) is 18.8. The first-order valence-corrected chi connectivity index (χ1v) is 24.0. The van der Waals surface area contributed by atoms with Gasteiger partial charge in [0.2, 0.25) is 0 Å². The minimum atomic E-state index is -0.0129. The standard InChI is InChI=1S/C66H46N4/c1-66(2)59-30-13-12-27-55(59)57-41-49(35-37-60(57)66)44-31-33-45(34-32-44)50-36-38-61-58(42-50)56-29-16-28-54(62(56)70(61)53-26-15-23-48(40-53)43-17-6-3-7-18-43)51-24-14-25-52(39-51)65-68-63(46-19-8-4-9-20-46)67-64(69-65)47-21-10-5-11-22-47/h3-42H,1-2H3. The second-order valence-electron chi connectivity index (χ2n) is 18.8. The molecule has 2 aromatic heterocycles. The lowest BCUT2D eigenvalue weighted by Crippen LogP contribution is -2.14. The summed E-state index contributed by atoms with van der Waals surface area (Å²) in [6.45, 7) is 4.67. The van der Waals surface area contributed by atoms with E-state index in [1.54, 1.807) is 0 Å². The number of aromatic nitrogens is 4. The van der Waals surface area contributed by atoms with Gasteiger partial charge in [-0.2, -0.15) is 0 Å². The number of hydrogen-bond acceptors (Lipinski definition) is 3. The smallest absolute Gasteiger partial charge is 0.164 e. The van der Waals surface area contributed by atoms with Crippen molar-refractivity contribution in [3.8, 4) is 95.5 Å². The summed E-state index contributed by atoms with van der Waals surface area (Å²) in [7, 11) is 0. The van der Waals surface area contributed by atoms with E-state index in [9.17, 15) is 0 Å². The van der Waals surface area contributed by atoms with Gasteiger partial charge in [-0.25, -0.2) is 15.0 Å². The van der Waals surface area contributed by atoms with E-state index in [-0.39, 0.29) is 5.41 Å². The van der Waals surface area contributed by atoms with Gasteiger partial charge in [-0.05, 0) is 97.6 Å². The Bertz CT molecular complexity index is 3890. The summed E-state index contributed by atoms with van der Waals surface area (Å²) in [5.74, 6) is 1.90. The molecule has 4 heteroatoms. The number of nitrogens with zero attached hydrogens (tertiary/aromatic N) is 4. The summed E-state index contributed by atoms with van der Waals surface area (Å²) in [5.41, 5.74) is 21.0. The third-order valence-corrected chi connectivity index (χ3v) is 14.3. The van der Waals surface area contributed by atoms with Crippen molar-refractivity contribution >= 4 is 21.8 Å². The van der Waals surface area contributed by atoms with Crippen molar-refractivity contribution in [3.63, 3.8) is 0 Å². The summed E-state index contributed by atoms with van der Waals surface area (Å²) in [4.78, 5) is 15.2. The molecule has 0 amide bonds. The van der Waals surface area contributed by atoms with Gasteiger partial charge in [0.1, 0.15) is 0 Å². The Kier molecular flexibility index (Phi) is 9.81. The van der Waals surface area contributed by atoms with E-state index in [0.717, 1.165) is 44.5 Å². The maximum Gasteiger partial charge on any atom is 0.164 e. The van der Waals surface area contributed by atoms with Crippen LogP contribution in [0.3, 0.4) is 0 Å². The molecule has 0 saturated carbocycles. The van der Waals surface area contributed by atoms with E-state index >= 15 is 0 Å². The van der Waals surface area contributed by atoms with Gasteiger partial charge < -0.3 is 4.57 Å². The number of rotatable bonds is 8. The van der Waals surface area contributed by atoms with Crippen molar-refractivity contribution in [3.05, 3.63) is 254 Å². The first-order valence-electron chi connectivity index (χ1n) is 24.0. The van der Waals surface area contributed by atoms with Crippen molar-refractivity contribution in [1.82, 2.24) is 19.5 Å². The normalized spacial score (nSPS) is 12.5. The van der Waals surface area contributed by atoms with Crippen LogP contribution in [-0.2, 0) is 5.41 Å². The first-order chi connectivity index (χ1) is 34.4. The van der Waals surface area contributed by atoms with Gasteiger partial charge in [-0.1, -0.05) is 220 Å². The zero-order valence-corrected chi connectivity index (χ0v) is 38.9. The van der Waals surface area contributed by atoms with Crippen LogP contribution in [0.4, 0.5) is 0 Å². The molecule has 0 bridgehead atoms. The molecule has 2 heterocycles. The van der Waals surface area contributed by atoms with Crippen LogP contribution in [0.5, 0.6) is 0 Å². The summed E-state index contributed by atoms with van der Waals surface area (Å²) >= 11 is 0. The van der Waals surface area contributed by atoms with Crippen LogP contribution >= 0.6 is 0 Å². The van der Waals surface area contributed by atoms with E-state index in [0.29, 0.717) is 17.5 Å². The van der Waals surface area contributed by atoms with Crippen molar-refractivity contribution in [2.75, 3.05) is 0 Å². The molecule has 0 radical (unpaired) electrons. The molecule has 1 aliphatic carbocycles. The largest absolute Gasteiger partial charge is 0.309 e. The average molecular weight is 895 g/mol. The van der Waals surface area contributed by atoms with Gasteiger partial charge >= 0.3 is 0 Å². The van der Waals surface area contributed by atoms with Crippen LogP contribution in [0, 0.1) is 0 Å². The summed E-state index contributed by atoms with van der Waals surface area (Å²) in [6, 6.07) is 87.1. The molecule has 0 fully saturated rings. The lowest BCUT2D eigenvalue weighted by atomic mass is 9.82. The number of fused-ring (bicyclic) bond motifs is 6. The molecule has 0 aliphatic heterocycles. The highest BCUT2D eigenvalue weighted by atomic mass is 15.0. The van der Waals surface area contributed by atoms with E-state index in [1.165, 1.54) is 66.4 Å². The zero-order valence-electron chi connectivity index (χ0n) is 38.9. The summed E-state index contributed by atoms with van der Waals surface area (Å²) < 4.78 is 2.45. The van der Waals surface area contributed by atoms with Crippen LogP contribution in [0.15, 0.2) is 243 Å². The van der Waals surface area contributed by atoms with Gasteiger partial charge in [0.15, 0.2) is 17.5 Å². The Morgan fingerprint density at radius 3 is 1.47 bits per heavy atom. The number of hydrogen-bond donors (Lipinski definition) is 0. The monoisotopic (exact) mass is 894 g/mol. The molecule has 13 rings (SSSR count). The van der Waals surface area contributed by atoms with Crippen LogP contribution < -0.4 is 0 Å². The molecule has 330 valence electrons. The number of benzene rings is 10. The molecule has 70 heavy (non-hydrogen) atoms. The van der Waals surface area contributed by atoms with E-state index in [1.807, 2.05) is 60.7 Å². The Balaban J connectivity index is 0.944. The van der Waals surface area contributed by atoms with Crippen LogP contribution in [-0.4, -0.2) is 19.5 Å². The van der Waals surface area contributed by atoms with Gasteiger partial charge in [-0.3, -0.25) is 0 Å². The molecule has 0 atom stereocenters. The molecule has 4 nitrogen and oxygen atoms in total. The highest BCUT2D eigenvalue weighted by Crippen LogP contribution is 2.50. The predicted octanol–water partition coefficient (Wildman–Crippen LogP) is 16.9.